The van der Waals surface area contributed by atoms with Crippen LogP contribution in [0, 0.1) is 0 Å². The van der Waals surface area contributed by atoms with Crippen molar-refractivity contribution < 1.29 is 24.3 Å². The third kappa shape index (κ3) is 3.03. The Balaban J connectivity index is 1.82. The van der Waals surface area contributed by atoms with Crippen LogP contribution in [0.15, 0.2) is 0 Å². The highest BCUT2D eigenvalue weighted by molar-refractivity contribution is 8.00. The average Bonchev–Trinajstić information content (AvgIpc) is 2.64. The Kier molecular flexibility index (Phi) is 4.17. The van der Waals surface area contributed by atoms with E-state index in [9.17, 15) is 19.2 Å². The molecule has 8 nitrogen and oxygen atoms in total. The first-order valence-corrected chi connectivity index (χ1v) is 7.29. The second-order valence-electron chi connectivity index (χ2n) is 4.76. The van der Waals surface area contributed by atoms with Crippen LogP contribution in [-0.2, 0) is 14.4 Å². The third-order valence-electron chi connectivity index (χ3n) is 3.44. The number of nitrogens with one attached hydrogen (secondary N) is 2. The van der Waals surface area contributed by atoms with Gasteiger partial charge in [-0.1, -0.05) is 0 Å². The van der Waals surface area contributed by atoms with Crippen LogP contribution >= 0.6 is 11.8 Å². The van der Waals surface area contributed by atoms with Gasteiger partial charge in [-0.15, -0.1) is 11.8 Å². The van der Waals surface area contributed by atoms with E-state index in [1.807, 2.05) is 0 Å². The Morgan fingerprint density at radius 2 is 1.90 bits per heavy atom. The topological polar surface area (TPSA) is 116 Å². The van der Waals surface area contributed by atoms with Crippen molar-refractivity contribution in [2.45, 2.75) is 18.4 Å². The standard InChI is InChI=1S/C11H15N3O5S/c15-7(5-20-6-8(16)17)14-3-1-11(2-4-14)9(18)12-10(19)13-11/h1-6H2,(H,16,17)(H2,12,13,18,19). The number of hydrogen-bond donors (Lipinski definition) is 3. The highest BCUT2D eigenvalue weighted by atomic mass is 32.2. The molecule has 0 aliphatic carbocycles. The van der Waals surface area contributed by atoms with Crippen molar-refractivity contribution in [2.24, 2.45) is 0 Å². The molecule has 0 aromatic heterocycles. The lowest BCUT2D eigenvalue weighted by atomic mass is 9.88. The van der Waals surface area contributed by atoms with E-state index in [1.54, 1.807) is 4.90 Å². The number of aliphatic carboxylic acids is 1. The maximum atomic E-state index is 11.9. The van der Waals surface area contributed by atoms with Gasteiger partial charge in [0.25, 0.3) is 5.91 Å². The van der Waals surface area contributed by atoms with Gasteiger partial charge in [0.15, 0.2) is 0 Å². The van der Waals surface area contributed by atoms with Gasteiger partial charge in [-0.25, -0.2) is 4.79 Å². The minimum atomic E-state index is -0.953. The number of rotatable bonds is 4. The second kappa shape index (κ2) is 5.70. The zero-order valence-corrected chi connectivity index (χ0v) is 11.5. The molecule has 20 heavy (non-hydrogen) atoms. The number of piperidine rings is 1. The molecular weight excluding hydrogens is 286 g/mol. The largest absolute Gasteiger partial charge is 0.481 e. The molecule has 2 saturated heterocycles. The van der Waals surface area contributed by atoms with Gasteiger partial charge in [0.2, 0.25) is 5.91 Å². The molecule has 0 aromatic carbocycles. The van der Waals surface area contributed by atoms with Crippen LogP contribution < -0.4 is 10.6 Å². The summed E-state index contributed by atoms with van der Waals surface area (Å²) in [6.45, 7) is 0.750. The maximum Gasteiger partial charge on any atom is 0.322 e. The number of carboxylic acid groups (broad SMARTS) is 1. The van der Waals surface area contributed by atoms with Gasteiger partial charge in [-0.2, -0.15) is 0 Å². The SMILES string of the molecule is O=C(O)CSCC(=O)N1CCC2(CC1)NC(=O)NC2=O. The van der Waals surface area contributed by atoms with Gasteiger partial charge < -0.3 is 15.3 Å². The van der Waals surface area contributed by atoms with Crippen molar-refractivity contribution in [3.05, 3.63) is 0 Å². The van der Waals surface area contributed by atoms with Crippen molar-refractivity contribution in [2.75, 3.05) is 24.6 Å². The molecule has 0 bridgehead atoms. The molecule has 9 heteroatoms. The lowest BCUT2D eigenvalue weighted by Gasteiger charge is -2.36. The van der Waals surface area contributed by atoms with Crippen LogP contribution in [0.2, 0.25) is 0 Å². The van der Waals surface area contributed by atoms with Crippen LogP contribution in [0.4, 0.5) is 4.79 Å². The Bertz CT molecular complexity index is 459. The van der Waals surface area contributed by atoms with E-state index in [0.717, 1.165) is 11.8 Å². The van der Waals surface area contributed by atoms with Crippen molar-refractivity contribution >= 4 is 35.6 Å². The smallest absolute Gasteiger partial charge is 0.322 e. The number of hydrogen-bond acceptors (Lipinski definition) is 5. The first-order chi connectivity index (χ1) is 9.43. The molecule has 2 aliphatic heterocycles. The number of thioether (sulfide) groups is 1. The number of imide groups is 1. The van der Waals surface area contributed by atoms with Crippen molar-refractivity contribution in [1.82, 2.24) is 15.5 Å². The molecule has 2 fully saturated rings. The van der Waals surface area contributed by atoms with Crippen LogP contribution in [0.3, 0.4) is 0 Å². The van der Waals surface area contributed by atoms with E-state index in [4.69, 9.17) is 5.11 Å². The summed E-state index contributed by atoms with van der Waals surface area (Å²) in [5.74, 6) is -1.43. The van der Waals surface area contributed by atoms with E-state index in [2.05, 4.69) is 10.6 Å². The van der Waals surface area contributed by atoms with Gasteiger partial charge in [0.1, 0.15) is 5.54 Å². The quantitative estimate of drug-likeness (QED) is 0.574. The predicted octanol–water partition coefficient (Wildman–Crippen LogP) is -0.995. The molecule has 0 aromatic rings. The first kappa shape index (κ1) is 14.6. The van der Waals surface area contributed by atoms with Gasteiger partial charge in [-0.05, 0) is 12.8 Å². The second-order valence-corrected chi connectivity index (χ2v) is 5.74. The monoisotopic (exact) mass is 301 g/mol. The van der Waals surface area contributed by atoms with Crippen LogP contribution in [-0.4, -0.2) is 64.0 Å². The fourth-order valence-electron chi connectivity index (χ4n) is 2.33. The van der Waals surface area contributed by atoms with E-state index in [0.29, 0.717) is 25.9 Å². The third-order valence-corrected chi connectivity index (χ3v) is 4.34. The normalized spacial score (nSPS) is 20.7. The molecule has 1 spiro atoms. The average molecular weight is 301 g/mol. The highest BCUT2D eigenvalue weighted by Crippen LogP contribution is 2.25. The number of amides is 4. The Morgan fingerprint density at radius 3 is 2.40 bits per heavy atom. The minimum Gasteiger partial charge on any atom is -0.481 e. The molecule has 110 valence electrons. The summed E-state index contributed by atoms with van der Waals surface area (Å²) in [6.07, 6.45) is 0.750. The molecule has 3 N–H and O–H groups in total. The summed E-state index contributed by atoms with van der Waals surface area (Å²) in [5.41, 5.74) is -0.887. The number of likely N-dealkylation sites (tertiary alicyclic amines) is 1. The summed E-state index contributed by atoms with van der Waals surface area (Å²) >= 11 is 1.05. The zero-order valence-electron chi connectivity index (χ0n) is 10.7. The van der Waals surface area contributed by atoms with Gasteiger partial charge in [0, 0.05) is 13.1 Å². The Hall–Kier alpha value is -1.77. The van der Waals surface area contributed by atoms with Crippen LogP contribution in [0.5, 0.6) is 0 Å². The molecule has 4 amide bonds. The molecule has 2 rings (SSSR count). The number of carbonyl (C=O) groups excluding carboxylic acids is 3. The number of carbonyl (C=O) groups is 4. The molecule has 0 radical (unpaired) electrons. The fourth-order valence-corrected chi connectivity index (χ4v) is 2.97. The maximum absolute atomic E-state index is 11.9. The Labute approximate surface area is 119 Å². The van der Waals surface area contributed by atoms with Crippen LogP contribution in [0.25, 0.3) is 0 Å². The summed E-state index contributed by atoms with van der Waals surface area (Å²) in [7, 11) is 0. The first-order valence-electron chi connectivity index (χ1n) is 6.14. The lowest BCUT2D eigenvalue weighted by Crippen LogP contribution is -2.56. The van der Waals surface area contributed by atoms with E-state index in [-0.39, 0.29) is 23.3 Å². The molecule has 2 heterocycles. The van der Waals surface area contributed by atoms with E-state index in [1.165, 1.54) is 0 Å². The molecule has 2 aliphatic rings. The number of carboxylic acids is 1. The highest BCUT2D eigenvalue weighted by Gasteiger charge is 2.48. The van der Waals surface area contributed by atoms with Gasteiger partial charge in [0.05, 0.1) is 11.5 Å². The van der Waals surface area contributed by atoms with Crippen molar-refractivity contribution in [1.29, 1.82) is 0 Å². The number of nitrogens with zero attached hydrogens (tertiary/aromatic N) is 1. The van der Waals surface area contributed by atoms with Crippen molar-refractivity contribution in [3.63, 3.8) is 0 Å². The fraction of sp³-hybridized carbons (Fsp3) is 0.636. The summed E-state index contributed by atoms with van der Waals surface area (Å²) in [6, 6.07) is -0.494. The minimum absolute atomic E-state index is 0.109. The Morgan fingerprint density at radius 1 is 1.25 bits per heavy atom. The molecular formula is C11H15N3O5S. The molecule has 0 unspecified atom stereocenters. The summed E-state index contributed by atoms with van der Waals surface area (Å²) < 4.78 is 0. The summed E-state index contributed by atoms with van der Waals surface area (Å²) in [5, 5.41) is 13.3. The zero-order chi connectivity index (χ0) is 14.8. The lowest BCUT2D eigenvalue weighted by molar-refractivity contribution is -0.134. The van der Waals surface area contributed by atoms with Gasteiger partial charge in [-0.3, -0.25) is 19.7 Å². The molecule has 0 atom stereocenters. The van der Waals surface area contributed by atoms with Crippen molar-refractivity contribution in [3.8, 4) is 0 Å². The van der Waals surface area contributed by atoms with Crippen LogP contribution in [0.1, 0.15) is 12.8 Å². The predicted molar refractivity (Wildman–Crippen MR) is 70.2 cm³/mol. The molecule has 0 saturated carbocycles. The van der Waals surface area contributed by atoms with Gasteiger partial charge >= 0.3 is 12.0 Å². The van der Waals surface area contributed by atoms with E-state index >= 15 is 0 Å². The number of urea groups is 1. The summed E-state index contributed by atoms with van der Waals surface area (Å²) in [4.78, 5) is 46.7. The van der Waals surface area contributed by atoms with E-state index < -0.39 is 17.5 Å².